The highest BCUT2D eigenvalue weighted by molar-refractivity contribution is 5.88. The first-order chi connectivity index (χ1) is 10.2. The number of hydrogen-bond donors (Lipinski definition) is 1. The Bertz CT molecular complexity index is 631. The van der Waals surface area contributed by atoms with Crippen molar-refractivity contribution in [2.24, 2.45) is 0 Å². The van der Waals surface area contributed by atoms with Crippen molar-refractivity contribution in [1.29, 1.82) is 0 Å². The highest BCUT2D eigenvalue weighted by atomic mass is 16.5. The maximum atomic E-state index is 11.0. The summed E-state index contributed by atoms with van der Waals surface area (Å²) in [4.78, 5) is 17.5. The molecule has 0 radical (unpaired) electrons. The number of rotatable bonds is 3. The second-order valence-corrected chi connectivity index (χ2v) is 5.19. The first-order valence-electron chi connectivity index (χ1n) is 7.16. The number of carboxylic acids is 1. The Hall–Kier alpha value is -2.37. The van der Waals surface area contributed by atoms with E-state index in [2.05, 4.69) is 15.0 Å². The van der Waals surface area contributed by atoms with Crippen LogP contribution in [0.5, 0.6) is 0 Å². The van der Waals surface area contributed by atoms with E-state index in [4.69, 9.17) is 9.63 Å². The highest BCUT2D eigenvalue weighted by Gasteiger charge is 2.17. The summed E-state index contributed by atoms with van der Waals surface area (Å²) in [5.41, 5.74) is 0.838. The Kier molecular flexibility index (Phi) is 3.85. The summed E-state index contributed by atoms with van der Waals surface area (Å²) >= 11 is 0. The molecule has 6 nitrogen and oxygen atoms in total. The minimum Gasteiger partial charge on any atom is -0.478 e. The standard InChI is InChI=1S/C15H17N3O3/c19-14(20)12-7-5-6-11(10-12)13-16-15(17-21-13)18-8-3-1-2-4-9-18/h5-7,10H,1-4,8-9H2,(H,19,20). The molecule has 0 bridgehead atoms. The molecule has 0 unspecified atom stereocenters. The maximum absolute atomic E-state index is 11.0. The van der Waals surface area contributed by atoms with Crippen LogP contribution in [0.4, 0.5) is 5.95 Å². The molecule has 0 atom stereocenters. The Morgan fingerprint density at radius 3 is 2.67 bits per heavy atom. The molecule has 1 aliphatic rings. The zero-order chi connectivity index (χ0) is 14.7. The molecule has 0 aliphatic carbocycles. The molecule has 0 saturated carbocycles. The zero-order valence-electron chi connectivity index (χ0n) is 11.7. The van der Waals surface area contributed by atoms with Crippen LogP contribution in [0.15, 0.2) is 28.8 Å². The van der Waals surface area contributed by atoms with Crippen LogP contribution >= 0.6 is 0 Å². The Morgan fingerprint density at radius 2 is 1.95 bits per heavy atom. The molecular formula is C15H17N3O3. The molecule has 6 heteroatoms. The van der Waals surface area contributed by atoms with E-state index in [1.807, 2.05) is 0 Å². The van der Waals surface area contributed by atoms with Crippen molar-refractivity contribution in [3.63, 3.8) is 0 Å². The van der Waals surface area contributed by atoms with Crippen molar-refractivity contribution < 1.29 is 14.4 Å². The lowest BCUT2D eigenvalue weighted by molar-refractivity contribution is 0.0697. The van der Waals surface area contributed by atoms with E-state index in [9.17, 15) is 4.79 Å². The van der Waals surface area contributed by atoms with Crippen molar-refractivity contribution in [1.82, 2.24) is 10.1 Å². The van der Waals surface area contributed by atoms with Crippen molar-refractivity contribution in [3.05, 3.63) is 29.8 Å². The van der Waals surface area contributed by atoms with Gasteiger partial charge >= 0.3 is 5.97 Å². The van der Waals surface area contributed by atoms with Crippen LogP contribution in [0.2, 0.25) is 0 Å². The smallest absolute Gasteiger partial charge is 0.335 e. The first-order valence-corrected chi connectivity index (χ1v) is 7.16. The van der Waals surface area contributed by atoms with Crippen molar-refractivity contribution in [2.45, 2.75) is 25.7 Å². The van der Waals surface area contributed by atoms with Gasteiger partial charge in [-0.3, -0.25) is 0 Å². The van der Waals surface area contributed by atoms with Gasteiger partial charge in [0.05, 0.1) is 5.56 Å². The lowest BCUT2D eigenvalue weighted by Crippen LogP contribution is -2.24. The van der Waals surface area contributed by atoms with Gasteiger partial charge in [-0.25, -0.2) is 4.79 Å². The van der Waals surface area contributed by atoms with Gasteiger partial charge < -0.3 is 14.5 Å². The summed E-state index contributed by atoms with van der Waals surface area (Å²) in [5, 5.41) is 13.0. The van der Waals surface area contributed by atoms with Crippen LogP contribution < -0.4 is 4.90 Å². The molecule has 1 N–H and O–H groups in total. The largest absolute Gasteiger partial charge is 0.478 e. The Labute approximate surface area is 122 Å². The topological polar surface area (TPSA) is 79.5 Å². The average Bonchev–Trinajstić information content (AvgIpc) is 2.83. The van der Waals surface area contributed by atoms with Gasteiger partial charge in [0.15, 0.2) is 0 Å². The van der Waals surface area contributed by atoms with Gasteiger partial charge in [0.1, 0.15) is 0 Å². The molecule has 2 heterocycles. The predicted molar refractivity (Wildman–Crippen MR) is 77.4 cm³/mol. The number of carbonyl (C=O) groups is 1. The minimum absolute atomic E-state index is 0.210. The van der Waals surface area contributed by atoms with E-state index in [0.29, 0.717) is 17.4 Å². The number of nitrogens with zero attached hydrogens (tertiary/aromatic N) is 3. The molecule has 1 aromatic heterocycles. The molecule has 1 saturated heterocycles. The number of aromatic carboxylic acids is 1. The summed E-state index contributed by atoms with van der Waals surface area (Å²) in [6, 6.07) is 6.53. The molecular weight excluding hydrogens is 270 g/mol. The van der Waals surface area contributed by atoms with E-state index in [-0.39, 0.29) is 5.56 Å². The fraction of sp³-hybridized carbons (Fsp3) is 0.400. The van der Waals surface area contributed by atoms with Gasteiger partial charge in [0.25, 0.3) is 11.8 Å². The molecule has 3 rings (SSSR count). The van der Waals surface area contributed by atoms with Crippen LogP contribution in [0.3, 0.4) is 0 Å². The summed E-state index contributed by atoms with van der Waals surface area (Å²) in [7, 11) is 0. The maximum Gasteiger partial charge on any atom is 0.335 e. The summed E-state index contributed by atoms with van der Waals surface area (Å²) in [5.74, 6) is -0.0194. The van der Waals surface area contributed by atoms with Crippen molar-refractivity contribution >= 4 is 11.9 Å². The quantitative estimate of drug-likeness (QED) is 0.935. The molecule has 110 valence electrons. The van der Waals surface area contributed by atoms with Gasteiger partial charge in [-0.2, -0.15) is 4.98 Å². The van der Waals surface area contributed by atoms with E-state index in [1.165, 1.54) is 18.9 Å². The Balaban J connectivity index is 1.84. The zero-order valence-corrected chi connectivity index (χ0v) is 11.7. The molecule has 1 aromatic carbocycles. The second kappa shape index (κ2) is 5.95. The van der Waals surface area contributed by atoms with E-state index in [0.717, 1.165) is 25.9 Å². The van der Waals surface area contributed by atoms with Gasteiger partial charge in [0, 0.05) is 18.7 Å². The molecule has 21 heavy (non-hydrogen) atoms. The first kappa shape index (κ1) is 13.6. The van der Waals surface area contributed by atoms with Crippen LogP contribution in [0.25, 0.3) is 11.5 Å². The summed E-state index contributed by atoms with van der Waals surface area (Å²) < 4.78 is 5.28. The van der Waals surface area contributed by atoms with Gasteiger partial charge in [0.2, 0.25) is 0 Å². The molecule has 2 aromatic rings. The molecule has 1 fully saturated rings. The summed E-state index contributed by atoms with van der Waals surface area (Å²) in [6.07, 6.45) is 4.75. The van der Waals surface area contributed by atoms with Crippen LogP contribution in [-0.4, -0.2) is 34.3 Å². The fourth-order valence-corrected chi connectivity index (χ4v) is 2.52. The third-order valence-corrected chi connectivity index (χ3v) is 3.66. The number of anilines is 1. The van der Waals surface area contributed by atoms with Gasteiger partial charge in [-0.15, -0.1) is 0 Å². The molecule has 0 amide bonds. The van der Waals surface area contributed by atoms with E-state index in [1.54, 1.807) is 18.2 Å². The number of benzene rings is 1. The highest BCUT2D eigenvalue weighted by Crippen LogP contribution is 2.23. The lowest BCUT2D eigenvalue weighted by atomic mass is 10.1. The SMILES string of the molecule is O=C(O)c1cccc(-c2nc(N3CCCCCC3)no2)c1. The number of aromatic nitrogens is 2. The van der Waals surface area contributed by atoms with Crippen molar-refractivity contribution in [3.8, 4) is 11.5 Å². The monoisotopic (exact) mass is 287 g/mol. The predicted octanol–water partition coefficient (Wildman–Crippen LogP) is 2.82. The fourth-order valence-electron chi connectivity index (χ4n) is 2.52. The average molecular weight is 287 g/mol. The molecule has 1 aliphatic heterocycles. The van der Waals surface area contributed by atoms with Crippen LogP contribution in [-0.2, 0) is 0 Å². The third kappa shape index (κ3) is 3.04. The van der Waals surface area contributed by atoms with Crippen LogP contribution in [0.1, 0.15) is 36.0 Å². The minimum atomic E-state index is -0.968. The van der Waals surface area contributed by atoms with Gasteiger partial charge in [-0.05, 0) is 36.2 Å². The second-order valence-electron chi connectivity index (χ2n) is 5.19. The van der Waals surface area contributed by atoms with Gasteiger partial charge in [-0.1, -0.05) is 18.9 Å². The van der Waals surface area contributed by atoms with E-state index >= 15 is 0 Å². The molecule has 0 spiro atoms. The van der Waals surface area contributed by atoms with Crippen molar-refractivity contribution in [2.75, 3.05) is 18.0 Å². The number of carboxylic acid groups (broad SMARTS) is 1. The Morgan fingerprint density at radius 1 is 1.19 bits per heavy atom. The van der Waals surface area contributed by atoms with Crippen LogP contribution in [0, 0.1) is 0 Å². The third-order valence-electron chi connectivity index (χ3n) is 3.66. The van der Waals surface area contributed by atoms with E-state index < -0.39 is 5.97 Å². The summed E-state index contributed by atoms with van der Waals surface area (Å²) in [6.45, 7) is 1.88. The lowest BCUT2D eigenvalue weighted by Gasteiger charge is -2.16. The number of hydrogen-bond acceptors (Lipinski definition) is 5. The normalized spacial score (nSPS) is 15.7.